The highest BCUT2D eigenvalue weighted by molar-refractivity contribution is 6.31. The van der Waals surface area contributed by atoms with Crippen molar-refractivity contribution >= 4 is 44.3 Å². The number of hydrogen-bond donors (Lipinski definition) is 0. The summed E-state index contributed by atoms with van der Waals surface area (Å²) in [4.78, 5) is 4.12. The topological polar surface area (TPSA) is 26.0 Å². The average molecular weight is 254 g/mol. The predicted octanol–water partition coefficient (Wildman–Crippen LogP) is 4.79. The fraction of sp³-hybridized carbons (Fsp3) is 0. The second kappa shape index (κ2) is 3.47. The van der Waals surface area contributed by atoms with Crippen LogP contribution in [0, 0.1) is 0 Å². The van der Waals surface area contributed by atoms with Crippen LogP contribution in [0.4, 0.5) is 0 Å². The molecule has 0 fully saturated rings. The molecular weight excluding hydrogens is 246 g/mol. The molecule has 3 heteroatoms. The fourth-order valence-electron chi connectivity index (χ4n) is 2.33. The molecule has 0 saturated carbocycles. The zero-order chi connectivity index (χ0) is 12.1. The number of aromatic nitrogens is 1. The third-order valence-corrected chi connectivity index (χ3v) is 3.43. The summed E-state index contributed by atoms with van der Waals surface area (Å²) in [5, 5.41) is 5.13. The van der Waals surface area contributed by atoms with E-state index in [1.165, 1.54) is 0 Å². The van der Waals surface area contributed by atoms with E-state index in [0.717, 1.165) is 32.7 Å². The summed E-state index contributed by atoms with van der Waals surface area (Å²) in [6.07, 6.45) is 3.64. The first-order valence-electron chi connectivity index (χ1n) is 5.67. The molecular formula is C15H8ClNO. The summed E-state index contributed by atoms with van der Waals surface area (Å²) >= 11 is 5.98. The van der Waals surface area contributed by atoms with Gasteiger partial charge in [-0.15, -0.1) is 0 Å². The lowest BCUT2D eigenvalue weighted by Crippen LogP contribution is -1.74. The summed E-state index contributed by atoms with van der Waals surface area (Å²) in [5.74, 6) is 0. The van der Waals surface area contributed by atoms with Gasteiger partial charge in [-0.25, -0.2) is 0 Å². The Morgan fingerprint density at radius 3 is 2.72 bits per heavy atom. The summed E-state index contributed by atoms with van der Waals surface area (Å²) in [6, 6.07) is 11.9. The van der Waals surface area contributed by atoms with Crippen molar-refractivity contribution in [2.75, 3.05) is 0 Å². The molecule has 4 aromatic rings. The van der Waals surface area contributed by atoms with Crippen molar-refractivity contribution in [2.45, 2.75) is 0 Å². The smallest absolute Gasteiger partial charge is 0.136 e. The molecule has 0 bridgehead atoms. The van der Waals surface area contributed by atoms with Crippen LogP contribution in [0.1, 0.15) is 0 Å². The van der Waals surface area contributed by atoms with Crippen molar-refractivity contribution in [3.63, 3.8) is 0 Å². The quantitative estimate of drug-likeness (QED) is 0.450. The lowest BCUT2D eigenvalue weighted by Gasteiger charge is -1.96. The van der Waals surface area contributed by atoms with Gasteiger partial charge in [0.25, 0.3) is 0 Å². The fourth-order valence-corrected chi connectivity index (χ4v) is 2.49. The molecule has 0 atom stereocenters. The minimum Gasteiger partial charge on any atom is -0.456 e. The van der Waals surface area contributed by atoms with E-state index in [9.17, 15) is 0 Å². The molecule has 2 aromatic heterocycles. The van der Waals surface area contributed by atoms with Gasteiger partial charge in [-0.05, 0) is 35.7 Å². The number of nitrogens with zero attached hydrogens (tertiary/aromatic N) is 1. The lowest BCUT2D eigenvalue weighted by molar-refractivity contribution is 0.669. The molecule has 2 heterocycles. The highest BCUT2D eigenvalue weighted by Crippen LogP contribution is 2.33. The van der Waals surface area contributed by atoms with Crippen LogP contribution < -0.4 is 0 Å². The number of halogens is 1. The standard InChI is InChI=1S/C15H8ClNO/c16-11-1-2-12-13-5-9-3-4-17-8-10(9)6-14(13)18-15(12)7-11/h1-8H. The Morgan fingerprint density at radius 1 is 0.889 bits per heavy atom. The van der Waals surface area contributed by atoms with Crippen LogP contribution in [0.2, 0.25) is 5.02 Å². The molecule has 0 saturated heterocycles. The van der Waals surface area contributed by atoms with Crippen molar-refractivity contribution in [3.8, 4) is 0 Å². The third kappa shape index (κ3) is 1.33. The zero-order valence-electron chi connectivity index (χ0n) is 9.35. The molecule has 2 nitrogen and oxygen atoms in total. The van der Waals surface area contributed by atoms with Gasteiger partial charge < -0.3 is 4.42 Å². The van der Waals surface area contributed by atoms with Crippen LogP contribution in [0.15, 0.2) is 53.2 Å². The van der Waals surface area contributed by atoms with Gasteiger partial charge in [0.2, 0.25) is 0 Å². The first-order chi connectivity index (χ1) is 8.81. The van der Waals surface area contributed by atoms with Gasteiger partial charge >= 0.3 is 0 Å². The highest BCUT2D eigenvalue weighted by atomic mass is 35.5. The normalized spacial score (nSPS) is 11.6. The molecule has 0 aliphatic carbocycles. The molecule has 18 heavy (non-hydrogen) atoms. The van der Waals surface area contributed by atoms with Gasteiger partial charge in [0.05, 0.1) is 0 Å². The van der Waals surface area contributed by atoms with Crippen LogP contribution in [0.3, 0.4) is 0 Å². The minimum atomic E-state index is 0.688. The SMILES string of the molecule is Clc1ccc2c(c1)oc1cc3cnccc3cc12. The summed E-state index contributed by atoms with van der Waals surface area (Å²) in [6.45, 7) is 0. The van der Waals surface area contributed by atoms with Crippen LogP contribution in [0.25, 0.3) is 32.7 Å². The van der Waals surface area contributed by atoms with E-state index in [4.69, 9.17) is 16.0 Å². The van der Waals surface area contributed by atoms with E-state index < -0.39 is 0 Å². The van der Waals surface area contributed by atoms with Crippen LogP contribution in [-0.2, 0) is 0 Å². The van der Waals surface area contributed by atoms with Gasteiger partial charge in [0, 0.05) is 39.6 Å². The Balaban J connectivity index is 2.23. The van der Waals surface area contributed by atoms with Gasteiger partial charge in [0.15, 0.2) is 0 Å². The monoisotopic (exact) mass is 253 g/mol. The van der Waals surface area contributed by atoms with Crippen molar-refractivity contribution in [3.05, 3.63) is 53.8 Å². The van der Waals surface area contributed by atoms with Crippen LogP contribution in [-0.4, -0.2) is 4.98 Å². The number of furan rings is 1. The average Bonchev–Trinajstić information content (AvgIpc) is 2.72. The molecule has 0 N–H and O–H groups in total. The zero-order valence-corrected chi connectivity index (χ0v) is 10.1. The van der Waals surface area contributed by atoms with E-state index in [-0.39, 0.29) is 0 Å². The second-order valence-electron chi connectivity index (χ2n) is 4.31. The molecule has 0 amide bonds. The molecule has 0 unspecified atom stereocenters. The van der Waals surface area contributed by atoms with Crippen molar-refractivity contribution in [2.24, 2.45) is 0 Å². The maximum Gasteiger partial charge on any atom is 0.136 e. The summed E-state index contributed by atoms with van der Waals surface area (Å²) in [5.41, 5.74) is 1.69. The molecule has 86 valence electrons. The molecule has 0 aliphatic heterocycles. The lowest BCUT2D eigenvalue weighted by atomic mass is 10.1. The molecule has 0 radical (unpaired) electrons. The number of hydrogen-bond acceptors (Lipinski definition) is 2. The molecule has 2 aromatic carbocycles. The van der Waals surface area contributed by atoms with E-state index in [0.29, 0.717) is 5.02 Å². The molecule has 0 spiro atoms. The first kappa shape index (κ1) is 9.92. The summed E-state index contributed by atoms with van der Waals surface area (Å²) < 4.78 is 5.83. The van der Waals surface area contributed by atoms with E-state index in [2.05, 4.69) is 11.1 Å². The summed E-state index contributed by atoms with van der Waals surface area (Å²) in [7, 11) is 0. The third-order valence-electron chi connectivity index (χ3n) is 3.19. The largest absolute Gasteiger partial charge is 0.456 e. The Hall–Kier alpha value is -2.06. The van der Waals surface area contributed by atoms with Gasteiger partial charge in [-0.3, -0.25) is 4.98 Å². The van der Waals surface area contributed by atoms with E-state index in [1.807, 2.05) is 36.5 Å². The van der Waals surface area contributed by atoms with E-state index >= 15 is 0 Å². The first-order valence-corrected chi connectivity index (χ1v) is 6.05. The minimum absolute atomic E-state index is 0.688. The Bertz CT molecular complexity index is 895. The predicted molar refractivity (Wildman–Crippen MR) is 74.0 cm³/mol. The van der Waals surface area contributed by atoms with Gasteiger partial charge in [0.1, 0.15) is 11.2 Å². The van der Waals surface area contributed by atoms with Gasteiger partial charge in [-0.2, -0.15) is 0 Å². The maximum absolute atomic E-state index is 5.98. The number of pyridine rings is 1. The molecule has 4 rings (SSSR count). The Morgan fingerprint density at radius 2 is 1.78 bits per heavy atom. The second-order valence-corrected chi connectivity index (χ2v) is 4.75. The highest BCUT2D eigenvalue weighted by Gasteiger charge is 2.08. The van der Waals surface area contributed by atoms with Crippen molar-refractivity contribution < 1.29 is 4.42 Å². The maximum atomic E-state index is 5.98. The van der Waals surface area contributed by atoms with Crippen molar-refractivity contribution in [1.82, 2.24) is 4.98 Å². The Kier molecular flexibility index (Phi) is 1.91. The van der Waals surface area contributed by atoms with Crippen LogP contribution in [0.5, 0.6) is 0 Å². The number of fused-ring (bicyclic) bond motifs is 4. The Labute approximate surface area is 108 Å². The number of rotatable bonds is 0. The van der Waals surface area contributed by atoms with E-state index in [1.54, 1.807) is 6.20 Å². The van der Waals surface area contributed by atoms with Crippen LogP contribution >= 0.6 is 11.6 Å². The van der Waals surface area contributed by atoms with Gasteiger partial charge in [-0.1, -0.05) is 11.6 Å². The van der Waals surface area contributed by atoms with Crippen molar-refractivity contribution in [1.29, 1.82) is 0 Å². The molecule has 0 aliphatic rings. The number of benzene rings is 2.